The quantitative estimate of drug-likeness (QED) is 0.775. The minimum absolute atomic E-state index is 0. The highest BCUT2D eigenvalue weighted by Crippen LogP contribution is 2.35. The van der Waals surface area contributed by atoms with E-state index in [1.165, 1.54) is 0 Å². The van der Waals surface area contributed by atoms with Crippen LogP contribution in [0, 0.1) is 0 Å². The Morgan fingerprint density at radius 3 is 2.69 bits per heavy atom. The Kier molecular flexibility index (Phi) is 8.70. The molecule has 146 valence electrons. The third-order valence-electron chi connectivity index (χ3n) is 4.49. The van der Waals surface area contributed by atoms with Gasteiger partial charge < -0.3 is 19.8 Å². The van der Waals surface area contributed by atoms with Gasteiger partial charge in [0.1, 0.15) is 5.75 Å². The van der Waals surface area contributed by atoms with Crippen LogP contribution in [0.1, 0.15) is 17.5 Å². The summed E-state index contributed by atoms with van der Waals surface area (Å²) < 4.78 is 10.8. The molecule has 0 aliphatic carbocycles. The molecule has 3 rings (SSSR count). The average molecular weight is 404 g/mol. The van der Waals surface area contributed by atoms with Gasteiger partial charge in [-0.3, -0.25) is 9.69 Å². The van der Waals surface area contributed by atoms with Gasteiger partial charge >= 0.3 is 0 Å². The molecule has 0 atom stereocenters. The number of aromatic amines is 1. The molecule has 1 aliphatic heterocycles. The molecule has 0 saturated heterocycles. The minimum atomic E-state index is -0.00311. The molecule has 1 aromatic carbocycles. The summed E-state index contributed by atoms with van der Waals surface area (Å²) in [7, 11) is 5.42. The van der Waals surface area contributed by atoms with Gasteiger partial charge in [0.2, 0.25) is 0 Å². The molecule has 0 saturated carbocycles. The molecule has 0 radical (unpaired) electrons. The van der Waals surface area contributed by atoms with Crippen LogP contribution in [-0.2, 0) is 17.7 Å². The number of halogens is 2. The summed E-state index contributed by atoms with van der Waals surface area (Å²) in [5.74, 6) is 0.796. The predicted octanol–water partition coefficient (Wildman–Crippen LogP) is 2.82. The number of ether oxygens (including phenoxy) is 2. The van der Waals surface area contributed by atoms with Gasteiger partial charge in [-0.25, -0.2) is 0 Å². The average Bonchev–Trinajstić information content (AvgIpc) is 2.59. The normalized spacial score (nSPS) is 12.8. The van der Waals surface area contributed by atoms with Crippen molar-refractivity contribution in [1.82, 2.24) is 9.88 Å². The maximum atomic E-state index is 12.4. The molecular formula is C18H27Cl2N3O3. The highest BCUT2D eigenvalue weighted by molar-refractivity contribution is 5.98. The molecule has 2 aromatic rings. The summed E-state index contributed by atoms with van der Waals surface area (Å²) in [6, 6.07) is 4.10. The van der Waals surface area contributed by atoms with E-state index in [4.69, 9.17) is 9.47 Å². The lowest BCUT2D eigenvalue weighted by Crippen LogP contribution is -2.23. The number of nitrogens with zero attached hydrogens (tertiary/aromatic N) is 1. The van der Waals surface area contributed by atoms with Gasteiger partial charge in [-0.05, 0) is 37.6 Å². The van der Waals surface area contributed by atoms with E-state index < -0.39 is 0 Å². The number of methoxy groups -OCH3 is 2. The van der Waals surface area contributed by atoms with E-state index in [0.717, 1.165) is 65.9 Å². The second-order valence-electron chi connectivity index (χ2n) is 6.29. The molecule has 0 amide bonds. The molecule has 2 heterocycles. The molecule has 0 fully saturated rings. The number of pyridine rings is 1. The first-order chi connectivity index (χ1) is 11.6. The molecule has 0 bridgehead atoms. The molecule has 6 nitrogen and oxygen atoms in total. The number of benzene rings is 1. The van der Waals surface area contributed by atoms with Crippen LogP contribution >= 0.6 is 24.8 Å². The lowest BCUT2D eigenvalue weighted by Gasteiger charge is -2.22. The fraction of sp³-hybridized carbons (Fsp3) is 0.500. The molecule has 8 heteroatoms. The summed E-state index contributed by atoms with van der Waals surface area (Å²) in [5, 5.41) is 4.35. The summed E-state index contributed by atoms with van der Waals surface area (Å²) in [4.78, 5) is 17.6. The van der Waals surface area contributed by atoms with Crippen LogP contribution in [0.3, 0.4) is 0 Å². The maximum absolute atomic E-state index is 12.4. The Labute approximate surface area is 166 Å². The largest absolute Gasteiger partial charge is 0.496 e. The number of hydrogen-bond donors (Lipinski definition) is 2. The molecule has 0 spiro atoms. The van der Waals surface area contributed by atoms with Gasteiger partial charge in [-0.1, -0.05) is 0 Å². The minimum Gasteiger partial charge on any atom is -0.496 e. The van der Waals surface area contributed by atoms with Crippen LogP contribution in [-0.4, -0.2) is 50.8 Å². The predicted molar refractivity (Wildman–Crippen MR) is 111 cm³/mol. The van der Waals surface area contributed by atoms with E-state index in [1.54, 1.807) is 14.2 Å². The molecule has 2 N–H and O–H groups in total. The van der Waals surface area contributed by atoms with Gasteiger partial charge in [-0.15, -0.1) is 24.8 Å². The maximum Gasteiger partial charge on any atom is 0.253 e. The molecule has 1 aliphatic rings. The van der Waals surface area contributed by atoms with Crippen molar-refractivity contribution < 1.29 is 9.47 Å². The molecule has 1 aromatic heterocycles. The van der Waals surface area contributed by atoms with Crippen LogP contribution in [0.15, 0.2) is 16.9 Å². The summed E-state index contributed by atoms with van der Waals surface area (Å²) in [5.41, 5.74) is 3.68. The van der Waals surface area contributed by atoms with Crippen LogP contribution in [0.5, 0.6) is 5.75 Å². The van der Waals surface area contributed by atoms with E-state index in [2.05, 4.69) is 21.3 Å². The first kappa shape index (κ1) is 22.6. The van der Waals surface area contributed by atoms with Gasteiger partial charge in [0, 0.05) is 32.3 Å². The molecule has 0 unspecified atom stereocenters. The summed E-state index contributed by atoms with van der Waals surface area (Å²) >= 11 is 0. The van der Waals surface area contributed by atoms with Crippen molar-refractivity contribution in [2.24, 2.45) is 0 Å². The van der Waals surface area contributed by atoms with E-state index in [1.807, 2.05) is 13.1 Å². The van der Waals surface area contributed by atoms with Crippen LogP contribution in [0.2, 0.25) is 0 Å². The lowest BCUT2D eigenvalue weighted by atomic mass is 9.99. The lowest BCUT2D eigenvalue weighted by molar-refractivity contribution is 0.158. The van der Waals surface area contributed by atoms with Crippen molar-refractivity contribution in [3.05, 3.63) is 33.6 Å². The number of likely N-dealkylation sites (N-methyl/N-ethyl adjacent to an activating group) is 1. The van der Waals surface area contributed by atoms with Gasteiger partial charge in [-0.2, -0.15) is 0 Å². The van der Waals surface area contributed by atoms with E-state index in [0.29, 0.717) is 6.61 Å². The van der Waals surface area contributed by atoms with Crippen LogP contribution in [0.25, 0.3) is 10.9 Å². The number of hydrogen-bond acceptors (Lipinski definition) is 5. The first-order valence-electron chi connectivity index (χ1n) is 8.31. The van der Waals surface area contributed by atoms with Crippen molar-refractivity contribution in [1.29, 1.82) is 0 Å². The zero-order chi connectivity index (χ0) is 17.1. The second kappa shape index (κ2) is 10.0. The van der Waals surface area contributed by atoms with Gasteiger partial charge in [0.15, 0.2) is 0 Å². The number of H-pyrrole nitrogens is 1. The first-order valence-corrected chi connectivity index (χ1v) is 8.31. The van der Waals surface area contributed by atoms with Crippen LogP contribution < -0.4 is 15.6 Å². The third-order valence-corrected chi connectivity index (χ3v) is 4.49. The number of anilines is 1. The van der Waals surface area contributed by atoms with Gasteiger partial charge in [0.25, 0.3) is 5.56 Å². The van der Waals surface area contributed by atoms with E-state index >= 15 is 0 Å². The van der Waals surface area contributed by atoms with E-state index in [9.17, 15) is 4.79 Å². The fourth-order valence-corrected chi connectivity index (χ4v) is 3.29. The number of rotatable bonds is 6. The summed E-state index contributed by atoms with van der Waals surface area (Å²) in [6.07, 6.45) is 1.78. The van der Waals surface area contributed by atoms with Crippen LogP contribution in [0.4, 0.5) is 5.69 Å². The summed E-state index contributed by atoms with van der Waals surface area (Å²) in [6.45, 7) is 3.19. The Morgan fingerprint density at radius 2 is 2.00 bits per heavy atom. The van der Waals surface area contributed by atoms with Crippen molar-refractivity contribution in [3.63, 3.8) is 0 Å². The van der Waals surface area contributed by atoms with Crippen molar-refractivity contribution in [2.75, 3.05) is 46.3 Å². The third kappa shape index (κ3) is 4.62. The Balaban J connectivity index is 0.00000169. The number of nitrogens with one attached hydrogen (secondary N) is 2. The Morgan fingerprint density at radius 1 is 1.23 bits per heavy atom. The van der Waals surface area contributed by atoms with Crippen molar-refractivity contribution in [2.45, 2.75) is 19.4 Å². The Hall–Kier alpha value is -1.47. The second-order valence-corrected chi connectivity index (χ2v) is 6.29. The van der Waals surface area contributed by atoms with Gasteiger partial charge in [0.05, 0.1) is 30.3 Å². The Bertz CT molecular complexity index is 795. The highest BCUT2D eigenvalue weighted by Gasteiger charge is 2.19. The number of aromatic nitrogens is 1. The fourth-order valence-electron chi connectivity index (χ4n) is 3.29. The number of fused-ring (bicyclic) bond motifs is 3. The smallest absolute Gasteiger partial charge is 0.253 e. The molecular weight excluding hydrogens is 377 g/mol. The zero-order valence-corrected chi connectivity index (χ0v) is 17.0. The van der Waals surface area contributed by atoms with Crippen molar-refractivity contribution in [3.8, 4) is 5.75 Å². The monoisotopic (exact) mass is 403 g/mol. The topological polar surface area (TPSA) is 66.6 Å². The standard InChI is InChI=1S/C18H25N3O3.2ClH/c1-21(7-8-23-2)11-12-9-14-16(15(10-12)24-3)17-13(18(22)20-14)5-4-6-19-17;;/h9-10,19H,4-8,11H2,1-3H3,(H,20,22);2*1H. The highest BCUT2D eigenvalue weighted by atomic mass is 35.5. The van der Waals surface area contributed by atoms with E-state index in [-0.39, 0.29) is 30.4 Å². The molecule has 26 heavy (non-hydrogen) atoms. The zero-order valence-electron chi connectivity index (χ0n) is 15.4. The SMILES string of the molecule is COCCN(C)Cc1cc(OC)c2c3c(c(=O)[nH]c2c1)CCCN3.Cl.Cl. The van der Waals surface area contributed by atoms with Crippen molar-refractivity contribution >= 4 is 41.4 Å².